The Hall–Kier alpha value is -1.34. The number of benzene rings is 1. The van der Waals surface area contributed by atoms with Crippen molar-refractivity contribution in [3.63, 3.8) is 0 Å². The monoisotopic (exact) mass is 322 g/mol. The minimum Gasteiger partial charge on any atom is -0.348 e. The number of hydrogen-bond acceptors (Lipinski definition) is 2. The van der Waals surface area contributed by atoms with E-state index in [2.05, 4.69) is 27.3 Å². The van der Waals surface area contributed by atoms with Crippen LogP contribution in [-0.2, 0) is 4.79 Å². The van der Waals surface area contributed by atoms with Crippen LogP contribution in [0.3, 0.4) is 0 Å². The van der Waals surface area contributed by atoms with Gasteiger partial charge in [-0.1, -0.05) is 41.9 Å². The number of carbonyl (C=O) groups excluding carboxylic acids is 1. The highest BCUT2D eigenvalue weighted by Crippen LogP contribution is 2.27. The molecule has 4 heteroatoms. The maximum Gasteiger partial charge on any atom is 0.240 e. The van der Waals surface area contributed by atoms with Crippen molar-refractivity contribution in [1.29, 1.82) is 5.26 Å². The van der Waals surface area contributed by atoms with Gasteiger partial charge in [0.15, 0.2) is 0 Å². The van der Waals surface area contributed by atoms with Crippen LogP contribution in [0.2, 0.25) is 0 Å². The van der Waals surface area contributed by atoms with Gasteiger partial charge in [-0.05, 0) is 37.5 Å². The third-order valence-corrected chi connectivity index (χ3v) is 4.10. The number of rotatable bonds is 5. The van der Waals surface area contributed by atoms with Gasteiger partial charge in [0.1, 0.15) is 5.41 Å². The van der Waals surface area contributed by atoms with E-state index in [1.165, 1.54) is 0 Å². The Morgan fingerprint density at radius 2 is 1.89 bits per heavy atom. The topological polar surface area (TPSA) is 52.9 Å². The summed E-state index contributed by atoms with van der Waals surface area (Å²) in [5, 5.41) is 12.2. The standard InChI is InChI=1S/C15H19BrN2O/c1-4-15(5-2,10-17)14(19)18-11(3)12-6-8-13(16)9-7-12/h6-9,11H,4-5H2,1-3H3,(H,18,19)/t11-/m1/s1. The summed E-state index contributed by atoms with van der Waals surface area (Å²) in [5.74, 6) is -0.185. The van der Waals surface area contributed by atoms with Crippen molar-refractivity contribution in [2.75, 3.05) is 0 Å². The maximum atomic E-state index is 12.3. The van der Waals surface area contributed by atoms with Gasteiger partial charge in [0, 0.05) is 4.47 Å². The first-order valence-electron chi connectivity index (χ1n) is 6.46. The average molecular weight is 323 g/mol. The quantitative estimate of drug-likeness (QED) is 0.892. The van der Waals surface area contributed by atoms with Crippen LogP contribution in [0.1, 0.15) is 45.2 Å². The van der Waals surface area contributed by atoms with Gasteiger partial charge in [-0.2, -0.15) is 5.26 Å². The van der Waals surface area contributed by atoms with Crippen molar-refractivity contribution in [3.05, 3.63) is 34.3 Å². The zero-order valence-electron chi connectivity index (χ0n) is 11.5. The Morgan fingerprint density at radius 3 is 2.32 bits per heavy atom. The molecule has 1 aromatic carbocycles. The van der Waals surface area contributed by atoms with Crippen molar-refractivity contribution in [2.45, 2.75) is 39.7 Å². The summed E-state index contributed by atoms with van der Waals surface area (Å²) in [5.41, 5.74) is 0.111. The highest BCUT2D eigenvalue weighted by Gasteiger charge is 2.35. The summed E-state index contributed by atoms with van der Waals surface area (Å²) >= 11 is 3.38. The van der Waals surface area contributed by atoms with E-state index in [0.717, 1.165) is 10.0 Å². The number of halogens is 1. The Kier molecular flexibility index (Phi) is 5.56. The van der Waals surface area contributed by atoms with Crippen molar-refractivity contribution in [3.8, 4) is 6.07 Å². The summed E-state index contributed by atoms with van der Waals surface area (Å²) in [6.45, 7) is 5.67. The highest BCUT2D eigenvalue weighted by atomic mass is 79.9. The molecule has 0 aliphatic rings. The van der Waals surface area contributed by atoms with Crippen LogP contribution in [0.4, 0.5) is 0 Å². The molecule has 0 aromatic heterocycles. The normalized spacial score (nSPS) is 12.6. The second-order valence-electron chi connectivity index (χ2n) is 4.65. The number of hydrogen-bond donors (Lipinski definition) is 1. The molecule has 0 radical (unpaired) electrons. The second-order valence-corrected chi connectivity index (χ2v) is 5.56. The number of nitrogens with one attached hydrogen (secondary N) is 1. The Morgan fingerprint density at radius 1 is 1.37 bits per heavy atom. The molecule has 0 bridgehead atoms. The van der Waals surface area contributed by atoms with Crippen molar-refractivity contribution < 1.29 is 4.79 Å². The fraction of sp³-hybridized carbons (Fsp3) is 0.467. The number of carbonyl (C=O) groups is 1. The van der Waals surface area contributed by atoms with E-state index >= 15 is 0 Å². The van der Waals surface area contributed by atoms with Gasteiger partial charge in [-0.25, -0.2) is 0 Å². The van der Waals surface area contributed by atoms with E-state index in [-0.39, 0.29) is 11.9 Å². The molecule has 3 nitrogen and oxygen atoms in total. The lowest BCUT2D eigenvalue weighted by molar-refractivity contribution is -0.129. The minimum atomic E-state index is -0.913. The molecule has 19 heavy (non-hydrogen) atoms. The van der Waals surface area contributed by atoms with Crippen molar-refractivity contribution >= 4 is 21.8 Å². The molecular formula is C15H19BrN2O. The second kappa shape index (κ2) is 6.72. The van der Waals surface area contributed by atoms with Gasteiger partial charge >= 0.3 is 0 Å². The molecule has 1 amide bonds. The average Bonchev–Trinajstić information content (AvgIpc) is 2.42. The van der Waals surface area contributed by atoms with Gasteiger partial charge in [-0.15, -0.1) is 0 Å². The Labute approximate surface area is 123 Å². The molecule has 0 saturated carbocycles. The van der Waals surface area contributed by atoms with Crippen LogP contribution < -0.4 is 5.32 Å². The third kappa shape index (κ3) is 3.57. The predicted octanol–water partition coefficient (Wildman–Crippen LogP) is 3.96. The molecule has 1 rings (SSSR count). The largest absolute Gasteiger partial charge is 0.348 e. The molecule has 1 N–H and O–H groups in total. The van der Waals surface area contributed by atoms with Crippen LogP contribution >= 0.6 is 15.9 Å². The van der Waals surface area contributed by atoms with E-state index in [1.54, 1.807) is 0 Å². The van der Waals surface area contributed by atoms with E-state index in [4.69, 9.17) is 0 Å². The summed E-state index contributed by atoms with van der Waals surface area (Å²) in [4.78, 5) is 12.3. The molecule has 0 heterocycles. The molecule has 102 valence electrons. The summed E-state index contributed by atoms with van der Waals surface area (Å²) in [6.07, 6.45) is 1.05. The summed E-state index contributed by atoms with van der Waals surface area (Å²) < 4.78 is 1.00. The van der Waals surface area contributed by atoms with E-state index in [9.17, 15) is 10.1 Å². The predicted molar refractivity (Wildman–Crippen MR) is 79.3 cm³/mol. The molecule has 0 saturated heterocycles. The van der Waals surface area contributed by atoms with E-state index in [0.29, 0.717) is 12.8 Å². The molecule has 0 spiro atoms. The zero-order chi connectivity index (χ0) is 14.5. The lowest BCUT2D eigenvalue weighted by Crippen LogP contribution is -2.40. The van der Waals surface area contributed by atoms with Crippen LogP contribution in [0.25, 0.3) is 0 Å². The SMILES string of the molecule is CCC(C#N)(CC)C(=O)N[C@H](C)c1ccc(Br)cc1. The fourth-order valence-corrected chi connectivity index (χ4v) is 2.21. The third-order valence-electron chi connectivity index (χ3n) is 3.57. The number of nitriles is 1. The first-order valence-corrected chi connectivity index (χ1v) is 7.26. The van der Waals surface area contributed by atoms with Crippen LogP contribution in [0.15, 0.2) is 28.7 Å². The first-order chi connectivity index (χ1) is 8.99. The first kappa shape index (κ1) is 15.7. The number of nitrogens with zero attached hydrogens (tertiary/aromatic N) is 1. The van der Waals surface area contributed by atoms with Crippen LogP contribution in [-0.4, -0.2) is 5.91 Å². The lowest BCUT2D eigenvalue weighted by Gasteiger charge is -2.25. The highest BCUT2D eigenvalue weighted by molar-refractivity contribution is 9.10. The van der Waals surface area contributed by atoms with Crippen molar-refractivity contribution in [1.82, 2.24) is 5.32 Å². The lowest BCUT2D eigenvalue weighted by atomic mass is 9.82. The van der Waals surface area contributed by atoms with Gasteiger partial charge in [0.05, 0.1) is 12.1 Å². The van der Waals surface area contributed by atoms with Gasteiger partial charge in [-0.3, -0.25) is 4.79 Å². The molecule has 0 unspecified atom stereocenters. The molecule has 0 aliphatic heterocycles. The smallest absolute Gasteiger partial charge is 0.240 e. The van der Waals surface area contributed by atoms with Gasteiger partial charge in [0.2, 0.25) is 5.91 Å². The molecule has 1 aromatic rings. The fourth-order valence-electron chi connectivity index (χ4n) is 1.95. The zero-order valence-corrected chi connectivity index (χ0v) is 13.1. The van der Waals surface area contributed by atoms with Crippen LogP contribution in [0, 0.1) is 16.7 Å². The van der Waals surface area contributed by atoms with E-state index in [1.807, 2.05) is 45.0 Å². The number of amides is 1. The molecule has 0 fully saturated rings. The molecule has 0 aliphatic carbocycles. The molecule has 1 atom stereocenters. The van der Waals surface area contributed by atoms with E-state index < -0.39 is 5.41 Å². The van der Waals surface area contributed by atoms with Gasteiger partial charge < -0.3 is 5.32 Å². The minimum absolute atomic E-state index is 0.105. The van der Waals surface area contributed by atoms with Crippen LogP contribution in [0.5, 0.6) is 0 Å². The summed E-state index contributed by atoms with van der Waals surface area (Å²) in [7, 11) is 0. The Bertz CT molecular complexity index is 472. The maximum absolute atomic E-state index is 12.3. The Balaban J connectivity index is 2.82. The van der Waals surface area contributed by atoms with Gasteiger partial charge in [0.25, 0.3) is 0 Å². The summed E-state index contributed by atoms with van der Waals surface area (Å²) in [6, 6.07) is 9.85. The molecular weight excluding hydrogens is 304 g/mol. The van der Waals surface area contributed by atoms with Crippen molar-refractivity contribution in [2.24, 2.45) is 5.41 Å².